The van der Waals surface area contributed by atoms with Crippen molar-refractivity contribution in [3.63, 3.8) is 0 Å². The number of hydrogen-bond acceptors (Lipinski definition) is 3. The smallest absolute Gasteiger partial charge is 0.228 e. The Hall–Kier alpha value is -0.770. The number of halogens is 1. The van der Waals surface area contributed by atoms with E-state index in [-0.39, 0.29) is 0 Å². The summed E-state index contributed by atoms with van der Waals surface area (Å²) in [6, 6.07) is 0. The summed E-state index contributed by atoms with van der Waals surface area (Å²) in [6.07, 6.45) is 6.43. The third kappa shape index (κ3) is 3.67. The minimum absolute atomic E-state index is 0.642. The van der Waals surface area contributed by atoms with Crippen molar-refractivity contribution in [2.45, 2.75) is 39.5 Å². The van der Waals surface area contributed by atoms with E-state index in [1.54, 1.807) is 6.20 Å². The van der Waals surface area contributed by atoms with E-state index < -0.39 is 0 Å². The number of rotatable bonds is 6. The highest BCUT2D eigenvalue weighted by atomic mass is 79.9. The number of aromatic nitrogens is 1. The molecule has 0 saturated carbocycles. The Morgan fingerprint density at radius 1 is 1.38 bits per heavy atom. The maximum absolute atomic E-state index is 5.74. The standard InChI is InChI=1S/C12H19BrN2O/c1-3-4-5-6-7-16-12-11(13)9(2)10(14)8-15-12/h8H,3-7,14H2,1-2H3. The van der Waals surface area contributed by atoms with E-state index >= 15 is 0 Å². The van der Waals surface area contributed by atoms with E-state index in [2.05, 4.69) is 27.8 Å². The molecule has 1 rings (SSSR count). The molecule has 2 N–H and O–H groups in total. The van der Waals surface area contributed by atoms with Crippen molar-refractivity contribution in [2.75, 3.05) is 12.3 Å². The Balaban J connectivity index is 2.45. The minimum atomic E-state index is 0.642. The van der Waals surface area contributed by atoms with Crippen molar-refractivity contribution in [3.05, 3.63) is 16.2 Å². The van der Waals surface area contributed by atoms with Gasteiger partial charge in [-0.1, -0.05) is 26.2 Å². The molecule has 0 aliphatic carbocycles. The average Bonchev–Trinajstić information content (AvgIpc) is 2.28. The van der Waals surface area contributed by atoms with Gasteiger partial charge in [-0.2, -0.15) is 0 Å². The van der Waals surface area contributed by atoms with E-state index in [1.807, 2.05) is 6.92 Å². The fraction of sp³-hybridized carbons (Fsp3) is 0.583. The van der Waals surface area contributed by atoms with Crippen LogP contribution in [0.2, 0.25) is 0 Å². The van der Waals surface area contributed by atoms with Crippen LogP contribution in [0.4, 0.5) is 5.69 Å². The van der Waals surface area contributed by atoms with Crippen LogP contribution in [0.25, 0.3) is 0 Å². The topological polar surface area (TPSA) is 48.1 Å². The molecule has 0 aliphatic rings. The molecule has 3 nitrogen and oxygen atoms in total. The van der Waals surface area contributed by atoms with Gasteiger partial charge in [-0.25, -0.2) is 4.98 Å². The fourth-order valence-corrected chi connectivity index (χ4v) is 1.81. The molecule has 0 amide bonds. The molecular weight excluding hydrogens is 268 g/mol. The molecule has 1 aromatic heterocycles. The van der Waals surface area contributed by atoms with Gasteiger partial charge in [-0.3, -0.25) is 0 Å². The SMILES string of the molecule is CCCCCCOc1ncc(N)c(C)c1Br. The summed E-state index contributed by atoms with van der Waals surface area (Å²) in [6.45, 7) is 4.86. The van der Waals surface area contributed by atoms with Gasteiger partial charge in [0.1, 0.15) is 0 Å². The molecule has 1 heterocycles. The Morgan fingerprint density at radius 3 is 2.81 bits per heavy atom. The summed E-state index contributed by atoms with van der Waals surface area (Å²) >= 11 is 3.45. The molecule has 0 aliphatic heterocycles. The van der Waals surface area contributed by atoms with Crippen LogP contribution in [-0.2, 0) is 0 Å². The maximum Gasteiger partial charge on any atom is 0.228 e. The predicted octanol–water partition coefficient (Wildman–Crippen LogP) is 3.69. The number of nitrogen functional groups attached to an aromatic ring is 1. The monoisotopic (exact) mass is 286 g/mol. The van der Waals surface area contributed by atoms with E-state index in [0.29, 0.717) is 11.6 Å². The van der Waals surface area contributed by atoms with Crippen LogP contribution in [0.3, 0.4) is 0 Å². The normalized spacial score (nSPS) is 10.4. The second kappa shape index (κ2) is 6.74. The van der Waals surface area contributed by atoms with Crippen molar-refractivity contribution in [1.29, 1.82) is 0 Å². The Bertz CT molecular complexity index is 342. The first-order chi connectivity index (χ1) is 7.66. The number of nitrogens with two attached hydrogens (primary N) is 1. The van der Waals surface area contributed by atoms with Gasteiger partial charge >= 0.3 is 0 Å². The Morgan fingerprint density at radius 2 is 2.12 bits per heavy atom. The van der Waals surface area contributed by atoms with E-state index in [0.717, 1.165) is 23.1 Å². The van der Waals surface area contributed by atoms with Crippen LogP contribution in [0.5, 0.6) is 5.88 Å². The number of anilines is 1. The van der Waals surface area contributed by atoms with Gasteiger partial charge in [0.25, 0.3) is 0 Å². The molecule has 1 aromatic rings. The van der Waals surface area contributed by atoms with Crippen molar-refractivity contribution in [1.82, 2.24) is 4.98 Å². The van der Waals surface area contributed by atoms with Gasteiger partial charge < -0.3 is 10.5 Å². The van der Waals surface area contributed by atoms with Gasteiger partial charge in [0.15, 0.2) is 0 Å². The van der Waals surface area contributed by atoms with Crippen LogP contribution in [0.1, 0.15) is 38.2 Å². The summed E-state index contributed by atoms with van der Waals surface area (Å²) in [5.74, 6) is 0.642. The third-order valence-corrected chi connectivity index (χ3v) is 3.44. The lowest BCUT2D eigenvalue weighted by Crippen LogP contribution is -2.02. The molecule has 0 aromatic carbocycles. The first kappa shape index (κ1) is 13.3. The van der Waals surface area contributed by atoms with Crippen molar-refractivity contribution < 1.29 is 4.74 Å². The Kier molecular flexibility index (Phi) is 5.60. The molecule has 0 fully saturated rings. The van der Waals surface area contributed by atoms with Crippen LogP contribution in [0.15, 0.2) is 10.7 Å². The van der Waals surface area contributed by atoms with Crippen LogP contribution >= 0.6 is 15.9 Å². The Labute approximate surface area is 106 Å². The van der Waals surface area contributed by atoms with Gasteiger partial charge in [0, 0.05) is 0 Å². The zero-order valence-corrected chi connectivity index (χ0v) is 11.5. The highest BCUT2D eigenvalue weighted by molar-refractivity contribution is 9.10. The van der Waals surface area contributed by atoms with E-state index in [9.17, 15) is 0 Å². The summed E-state index contributed by atoms with van der Waals surface area (Å²) < 4.78 is 6.47. The highest BCUT2D eigenvalue weighted by Crippen LogP contribution is 2.29. The van der Waals surface area contributed by atoms with E-state index in [1.165, 1.54) is 19.3 Å². The number of hydrogen-bond donors (Lipinski definition) is 1. The molecule has 16 heavy (non-hydrogen) atoms. The van der Waals surface area contributed by atoms with Crippen LogP contribution in [-0.4, -0.2) is 11.6 Å². The summed E-state index contributed by atoms with van der Waals surface area (Å²) in [4.78, 5) is 4.16. The lowest BCUT2D eigenvalue weighted by molar-refractivity contribution is 0.292. The molecule has 90 valence electrons. The van der Waals surface area contributed by atoms with Crippen molar-refractivity contribution in [2.24, 2.45) is 0 Å². The fourth-order valence-electron chi connectivity index (χ4n) is 1.37. The number of unbranched alkanes of at least 4 members (excludes halogenated alkanes) is 3. The molecule has 0 radical (unpaired) electrons. The van der Waals surface area contributed by atoms with Crippen LogP contribution in [0, 0.1) is 6.92 Å². The molecule has 0 spiro atoms. The van der Waals surface area contributed by atoms with Crippen LogP contribution < -0.4 is 10.5 Å². The molecule has 0 bridgehead atoms. The minimum Gasteiger partial charge on any atom is -0.477 e. The molecule has 0 atom stereocenters. The number of ether oxygens (including phenoxy) is 1. The van der Waals surface area contributed by atoms with Gasteiger partial charge in [0.05, 0.1) is 23.0 Å². The number of nitrogens with zero attached hydrogens (tertiary/aromatic N) is 1. The quantitative estimate of drug-likeness (QED) is 0.812. The van der Waals surface area contributed by atoms with Gasteiger partial charge in [-0.05, 0) is 34.8 Å². The molecule has 0 saturated heterocycles. The first-order valence-corrected chi connectivity index (χ1v) is 6.49. The molecular formula is C12H19BrN2O. The average molecular weight is 287 g/mol. The number of pyridine rings is 1. The van der Waals surface area contributed by atoms with Gasteiger partial charge in [0.2, 0.25) is 5.88 Å². The zero-order valence-electron chi connectivity index (χ0n) is 9.92. The first-order valence-electron chi connectivity index (χ1n) is 5.70. The van der Waals surface area contributed by atoms with E-state index in [4.69, 9.17) is 10.5 Å². The maximum atomic E-state index is 5.74. The molecule has 0 unspecified atom stereocenters. The largest absolute Gasteiger partial charge is 0.477 e. The summed E-state index contributed by atoms with van der Waals surface area (Å²) in [5, 5.41) is 0. The molecule has 4 heteroatoms. The second-order valence-electron chi connectivity index (χ2n) is 3.87. The van der Waals surface area contributed by atoms with Crippen molar-refractivity contribution >= 4 is 21.6 Å². The third-order valence-electron chi connectivity index (χ3n) is 2.51. The predicted molar refractivity (Wildman–Crippen MR) is 70.7 cm³/mol. The summed E-state index contributed by atoms with van der Waals surface area (Å²) in [5.41, 5.74) is 7.41. The highest BCUT2D eigenvalue weighted by Gasteiger charge is 2.08. The lowest BCUT2D eigenvalue weighted by Gasteiger charge is -2.09. The lowest BCUT2D eigenvalue weighted by atomic mass is 10.2. The summed E-state index contributed by atoms with van der Waals surface area (Å²) in [7, 11) is 0. The second-order valence-corrected chi connectivity index (χ2v) is 4.66. The van der Waals surface area contributed by atoms with Crippen molar-refractivity contribution in [3.8, 4) is 5.88 Å². The zero-order chi connectivity index (χ0) is 12.0. The van der Waals surface area contributed by atoms with Gasteiger partial charge in [-0.15, -0.1) is 0 Å².